The highest BCUT2D eigenvalue weighted by Gasteiger charge is 2.20. The third-order valence-electron chi connectivity index (χ3n) is 3.14. The van der Waals surface area contributed by atoms with Crippen molar-refractivity contribution in [1.29, 1.82) is 0 Å². The Morgan fingerprint density at radius 2 is 2.15 bits per heavy atom. The lowest BCUT2D eigenvalue weighted by Gasteiger charge is -2.06. The number of aromatic nitrogens is 3. The summed E-state index contributed by atoms with van der Waals surface area (Å²) in [6, 6.07) is 1.47. The fourth-order valence-electron chi connectivity index (χ4n) is 1.99. The van der Waals surface area contributed by atoms with Crippen LogP contribution in [0.25, 0.3) is 0 Å². The van der Waals surface area contributed by atoms with Gasteiger partial charge < -0.3 is 9.67 Å². The van der Waals surface area contributed by atoms with Crippen LogP contribution in [-0.4, -0.2) is 28.3 Å². The summed E-state index contributed by atoms with van der Waals surface area (Å²) in [5, 5.41) is 15.9. The van der Waals surface area contributed by atoms with E-state index in [1.807, 2.05) is 6.92 Å². The molecule has 3 N–H and O–H groups in total. The van der Waals surface area contributed by atoms with E-state index >= 15 is 0 Å². The number of nitrogens with zero attached hydrogens (tertiary/aromatic N) is 2. The molecule has 20 heavy (non-hydrogen) atoms. The molecule has 2 rings (SSSR count). The van der Waals surface area contributed by atoms with Crippen LogP contribution in [0.4, 0.5) is 5.69 Å². The summed E-state index contributed by atoms with van der Waals surface area (Å²) >= 11 is 0. The van der Waals surface area contributed by atoms with Crippen LogP contribution >= 0.6 is 0 Å². The van der Waals surface area contributed by atoms with Crippen molar-refractivity contribution in [2.24, 2.45) is 0 Å². The first-order valence-electron chi connectivity index (χ1n) is 6.23. The molecule has 8 heteroatoms. The third-order valence-corrected chi connectivity index (χ3v) is 4.46. The van der Waals surface area contributed by atoms with Gasteiger partial charge in [-0.3, -0.25) is 9.82 Å². The van der Waals surface area contributed by atoms with Gasteiger partial charge in [0.2, 0.25) is 0 Å². The van der Waals surface area contributed by atoms with Gasteiger partial charge in [0.25, 0.3) is 10.0 Å². The number of nitrogens with one attached hydrogen (secondary N) is 2. The Kier molecular flexibility index (Phi) is 3.87. The van der Waals surface area contributed by atoms with E-state index in [-0.39, 0.29) is 11.5 Å². The summed E-state index contributed by atoms with van der Waals surface area (Å²) < 4.78 is 28.9. The first-order chi connectivity index (χ1) is 9.39. The fourth-order valence-corrected chi connectivity index (χ4v) is 3.24. The van der Waals surface area contributed by atoms with E-state index in [1.165, 1.54) is 12.3 Å². The van der Waals surface area contributed by atoms with E-state index in [1.54, 1.807) is 18.4 Å². The number of sulfonamides is 1. The lowest BCUT2D eigenvalue weighted by molar-refractivity contribution is 0.271. The van der Waals surface area contributed by atoms with Gasteiger partial charge in [-0.2, -0.15) is 5.10 Å². The summed E-state index contributed by atoms with van der Waals surface area (Å²) in [4.78, 5) is 0.128. The second-order valence-electron chi connectivity index (χ2n) is 4.53. The monoisotopic (exact) mass is 298 g/mol. The lowest BCUT2D eigenvalue weighted by Crippen LogP contribution is -2.13. The average Bonchev–Trinajstić information content (AvgIpc) is 2.97. The van der Waals surface area contributed by atoms with Crippen LogP contribution in [0.5, 0.6) is 0 Å². The molecule has 2 heterocycles. The normalized spacial score (nSPS) is 11.8. The van der Waals surface area contributed by atoms with Gasteiger partial charge in [0.1, 0.15) is 4.90 Å². The van der Waals surface area contributed by atoms with Crippen LogP contribution in [0.1, 0.15) is 24.0 Å². The molecule has 0 unspecified atom stereocenters. The summed E-state index contributed by atoms with van der Waals surface area (Å²) in [5.74, 6) is 0. The maximum absolute atomic E-state index is 12.4. The molecular weight excluding hydrogens is 280 g/mol. The molecular formula is C12H18N4O3S. The standard InChI is InChI=1S/C12H18N4O3S/c1-4-16-6-11(5-10(16)7-17)20(18,19)15-12-8(2)13-14-9(12)3/h5-6,15,17H,4,7H2,1-3H3,(H,13,14). The highest BCUT2D eigenvalue weighted by molar-refractivity contribution is 7.92. The molecule has 0 aliphatic heterocycles. The number of hydrogen-bond acceptors (Lipinski definition) is 4. The molecule has 7 nitrogen and oxygen atoms in total. The predicted molar refractivity (Wildman–Crippen MR) is 74.9 cm³/mol. The molecule has 2 aromatic heterocycles. The number of anilines is 1. The highest BCUT2D eigenvalue weighted by Crippen LogP contribution is 2.22. The number of aromatic amines is 1. The first kappa shape index (κ1) is 14.6. The molecule has 0 aliphatic rings. The van der Waals surface area contributed by atoms with E-state index in [0.717, 1.165) is 0 Å². The Hall–Kier alpha value is -1.80. The second kappa shape index (κ2) is 5.29. The van der Waals surface area contributed by atoms with E-state index < -0.39 is 10.0 Å². The molecule has 2 aromatic rings. The SMILES string of the molecule is CCn1cc(S(=O)(=O)Nc2c(C)n[nH]c2C)cc1CO. The highest BCUT2D eigenvalue weighted by atomic mass is 32.2. The molecule has 0 saturated heterocycles. The van der Waals surface area contributed by atoms with E-state index in [0.29, 0.717) is 29.3 Å². The van der Waals surface area contributed by atoms with Gasteiger partial charge in [0.15, 0.2) is 0 Å². The van der Waals surface area contributed by atoms with Crippen LogP contribution in [0.15, 0.2) is 17.2 Å². The maximum Gasteiger partial charge on any atom is 0.263 e. The Labute approximate surface area is 117 Å². The fraction of sp³-hybridized carbons (Fsp3) is 0.417. The van der Waals surface area contributed by atoms with Crippen molar-refractivity contribution in [2.45, 2.75) is 38.8 Å². The predicted octanol–water partition coefficient (Wildman–Crippen LogP) is 1.14. The molecule has 110 valence electrons. The van der Waals surface area contributed by atoms with Crippen molar-refractivity contribution in [3.63, 3.8) is 0 Å². The quantitative estimate of drug-likeness (QED) is 0.770. The minimum Gasteiger partial charge on any atom is -0.390 e. The summed E-state index contributed by atoms with van der Waals surface area (Å²) in [6.07, 6.45) is 1.51. The molecule has 0 saturated carbocycles. The molecule has 0 fully saturated rings. The van der Waals surface area contributed by atoms with Crippen molar-refractivity contribution < 1.29 is 13.5 Å². The zero-order valence-corrected chi connectivity index (χ0v) is 12.5. The van der Waals surface area contributed by atoms with Crippen LogP contribution < -0.4 is 4.72 Å². The van der Waals surface area contributed by atoms with Gasteiger partial charge in [-0.15, -0.1) is 0 Å². The number of aliphatic hydroxyl groups is 1. The van der Waals surface area contributed by atoms with Gasteiger partial charge >= 0.3 is 0 Å². The van der Waals surface area contributed by atoms with Crippen LogP contribution in [0, 0.1) is 13.8 Å². The van der Waals surface area contributed by atoms with Crippen LogP contribution in [0.2, 0.25) is 0 Å². The minimum absolute atomic E-state index is 0.128. The number of aryl methyl sites for hydroxylation is 3. The van der Waals surface area contributed by atoms with Crippen LogP contribution in [-0.2, 0) is 23.2 Å². The zero-order chi connectivity index (χ0) is 14.9. The second-order valence-corrected chi connectivity index (χ2v) is 6.21. The molecule has 0 aromatic carbocycles. The summed E-state index contributed by atoms with van der Waals surface area (Å²) in [5.41, 5.74) is 2.26. The average molecular weight is 298 g/mol. The Balaban J connectivity index is 2.38. The van der Waals surface area contributed by atoms with Crippen molar-refractivity contribution >= 4 is 15.7 Å². The molecule has 0 bridgehead atoms. The topological polar surface area (TPSA) is 100 Å². The third kappa shape index (κ3) is 2.56. The first-order valence-corrected chi connectivity index (χ1v) is 7.71. The zero-order valence-electron chi connectivity index (χ0n) is 11.6. The molecule has 0 radical (unpaired) electrons. The van der Waals surface area contributed by atoms with E-state index in [4.69, 9.17) is 0 Å². The van der Waals surface area contributed by atoms with Gasteiger partial charge in [-0.25, -0.2) is 8.42 Å². The van der Waals surface area contributed by atoms with Crippen molar-refractivity contribution in [3.8, 4) is 0 Å². The van der Waals surface area contributed by atoms with E-state index in [2.05, 4.69) is 14.9 Å². The van der Waals surface area contributed by atoms with Crippen molar-refractivity contribution in [3.05, 3.63) is 29.3 Å². The summed E-state index contributed by atoms with van der Waals surface area (Å²) in [6.45, 7) is 5.74. The summed E-state index contributed by atoms with van der Waals surface area (Å²) in [7, 11) is -3.69. The number of hydrogen-bond donors (Lipinski definition) is 3. The molecule has 0 aliphatic carbocycles. The van der Waals surface area contributed by atoms with Crippen molar-refractivity contribution in [2.75, 3.05) is 4.72 Å². The number of rotatable bonds is 5. The number of aliphatic hydroxyl groups excluding tert-OH is 1. The molecule has 0 atom stereocenters. The number of H-pyrrole nitrogens is 1. The Morgan fingerprint density at radius 3 is 2.60 bits per heavy atom. The smallest absolute Gasteiger partial charge is 0.263 e. The van der Waals surface area contributed by atoms with Gasteiger partial charge in [0, 0.05) is 18.4 Å². The molecule has 0 amide bonds. The van der Waals surface area contributed by atoms with E-state index in [9.17, 15) is 13.5 Å². The minimum atomic E-state index is -3.69. The van der Waals surface area contributed by atoms with Gasteiger partial charge in [0.05, 0.1) is 23.7 Å². The lowest BCUT2D eigenvalue weighted by atomic mass is 10.3. The van der Waals surface area contributed by atoms with Gasteiger partial charge in [-0.1, -0.05) is 0 Å². The Morgan fingerprint density at radius 1 is 1.45 bits per heavy atom. The molecule has 0 spiro atoms. The maximum atomic E-state index is 12.4. The van der Waals surface area contributed by atoms with Crippen molar-refractivity contribution in [1.82, 2.24) is 14.8 Å². The van der Waals surface area contributed by atoms with Crippen LogP contribution in [0.3, 0.4) is 0 Å². The largest absolute Gasteiger partial charge is 0.390 e. The van der Waals surface area contributed by atoms with Gasteiger partial charge in [-0.05, 0) is 26.8 Å². The Bertz CT molecular complexity index is 674.